The number of carbonyl (C=O) groups is 1. The van der Waals surface area contributed by atoms with E-state index in [4.69, 9.17) is 17.3 Å². The molecule has 0 heterocycles. The molecular formula is C10H10BrClN2O. The first kappa shape index (κ1) is 12.1. The van der Waals surface area contributed by atoms with Crippen molar-refractivity contribution in [2.75, 3.05) is 12.3 Å². The largest absolute Gasteiger partial charge is 0.398 e. The summed E-state index contributed by atoms with van der Waals surface area (Å²) in [4.78, 5) is 11.5. The maximum atomic E-state index is 11.5. The van der Waals surface area contributed by atoms with Crippen LogP contribution in [0.15, 0.2) is 34.3 Å². The molecule has 1 aromatic carbocycles. The van der Waals surface area contributed by atoms with E-state index in [1.807, 2.05) is 0 Å². The fraction of sp³-hybridized carbons (Fsp3) is 0.100. The molecule has 0 aromatic heterocycles. The van der Waals surface area contributed by atoms with Crippen LogP contribution in [-0.2, 0) is 0 Å². The molecule has 1 rings (SSSR count). The zero-order chi connectivity index (χ0) is 11.4. The number of benzene rings is 1. The van der Waals surface area contributed by atoms with Crippen LogP contribution in [0.1, 0.15) is 10.4 Å². The number of amides is 1. The number of nitrogen functional groups attached to an aromatic ring is 1. The van der Waals surface area contributed by atoms with Gasteiger partial charge in [-0.3, -0.25) is 4.79 Å². The number of carbonyl (C=O) groups excluding carboxylic acids is 1. The number of hydrogen-bond acceptors (Lipinski definition) is 2. The Hall–Kier alpha value is -1.00. The minimum Gasteiger partial charge on any atom is -0.398 e. The van der Waals surface area contributed by atoms with E-state index in [0.29, 0.717) is 16.3 Å². The minimum absolute atomic E-state index is 0.226. The van der Waals surface area contributed by atoms with Gasteiger partial charge in [-0.25, -0.2) is 0 Å². The van der Waals surface area contributed by atoms with Gasteiger partial charge in [0.2, 0.25) is 0 Å². The maximum Gasteiger partial charge on any atom is 0.251 e. The molecule has 0 saturated heterocycles. The molecule has 80 valence electrons. The van der Waals surface area contributed by atoms with Crippen molar-refractivity contribution in [3.63, 3.8) is 0 Å². The smallest absolute Gasteiger partial charge is 0.251 e. The normalized spacial score (nSPS) is 9.73. The van der Waals surface area contributed by atoms with Crippen molar-refractivity contribution in [2.24, 2.45) is 0 Å². The van der Waals surface area contributed by atoms with Crippen LogP contribution in [0.25, 0.3) is 0 Å². The van der Waals surface area contributed by atoms with Crippen LogP contribution in [0.4, 0.5) is 5.69 Å². The van der Waals surface area contributed by atoms with E-state index in [2.05, 4.69) is 27.8 Å². The van der Waals surface area contributed by atoms with Gasteiger partial charge in [-0.15, -0.1) is 0 Å². The van der Waals surface area contributed by atoms with E-state index >= 15 is 0 Å². The summed E-state index contributed by atoms with van der Waals surface area (Å²) >= 11 is 8.77. The Balaban J connectivity index is 2.74. The van der Waals surface area contributed by atoms with Crippen molar-refractivity contribution in [3.8, 4) is 0 Å². The molecule has 0 spiro atoms. The average Bonchev–Trinajstić information content (AvgIpc) is 2.18. The van der Waals surface area contributed by atoms with Crippen LogP contribution < -0.4 is 11.1 Å². The summed E-state index contributed by atoms with van der Waals surface area (Å²) in [6.45, 7) is 3.72. The predicted molar refractivity (Wildman–Crippen MR) is 65.9 cm³/mol. The van der Waals surface area contributed by atoms with Crippen LogP contribution >= 0.6 is 27.5 Å². The third-order valence-electron chi connectivity index (χ3n) is 1.70. The second kappa shape index (κ2) is 5.19. The molecular weight excluding hydrogens is 279 g/mol. The highest BCUT2D eigenvalue weighted by molar-refractivity contribution is 9.10. The molecule has 0 aliphatic heterocycles. The lowest BCUT2D eigenvalue weighted by molar-refractivity contribution is 0.0957. The predicted octanol–water partition coefficient (Wildman–Crippen LogP) is 2.51. The van der Waals surface area contributed by atoms with Crippen molar-refractivity contribution >= 4 is 39.1 Å². The fourth-order valence-electron chi connectivity index (χ4n) is 0.963. The van der Waals surface area contributed by atoms with E-state index in [0.717, 1.165) is 4.47 Å². The van der Waals surface area contributed by atoms with E-state index < -0.39 is 0 Å². The molecule has 0 unspecified atom stereocenters. The van der Waals surface area contributed by atoms with Gasteiger partial charge in [-0.1, -0.05) is 18.2 Å². The maximum absolute atomic E-state index is 11.5. The first-order valence-electron chi connectivity index (χ1n) is 4.17. The molecule has 3 N–H and O–H groups in total. The minimum atomic E-state index is -0.226. The molecule has 5 heteroatoms. The van der Waals surface area contributed by atoms with Crippen LogP contribution in [-0.4, -0.2) is 12.5 Å². The molecule has 1 amide bonds. The lowest BCUT2D eigenvalue weighted by atomic mass is 10.2. The van der Waals surface area contributed by atoms with Gasteiger partial charge < -0.3 is 11.1 Å². The number of anilines is 1. The van der Waals surface area contributed by atoms with Crippen molar-refractivity contribution < 1.29 is 4.79 Å². The lowest BCUT2D eigenvalue weighted by Gasteiger charge is -2.05. The number of hydrogen-bond donors (Lipinski definition) is 2. The van der Waals surface area contributed by atoms with Crippen LogP contribution in [0.5, 0.6) is 0 Å². The summed E-state index contributed by atoms with van der Waals surface area (Å²) in [5.74, 6) is -0.226. The number of rotatable bonds is 3. The Morgan fingerprint density at radius 1 is 1.60 bits per heavy atom. The standard InChI is InChI=1S/C10H10BrClN2O/c1-6(12)5-14-10(15)7-2-3-8(11)9(13)4-7/h2-4H,1,5,13H2,(H,14,15). The van der Waals surface area contributed by atoms with Gasteiger partial charge in [-0.05, 0) is 34.1 Å². The molecule has 0 saturated carbocycles. The zero-order valence-electron chi connectivity index (χ0n) is 7.89. The van der Waals surface area contributed by atoms with E-state index in [1.54, 1.807) is 18.2 Å². The molecule has 0 bridgehead atoms. The summed E-state index contributed by atoms with van der Waals surface area (Å²) in [5.41, 5.74) is 6.66. The topological polar surface area (TPSA) is 55.1 Å². The summed E-state index contributed by atoms with van der Waals surface area (Å²) in [6, 6.07) is 4.99. The van der Waals surface area contributed by atoms with E-state index in [1.165, 1.54) is 0 Å². The van der Waals surface area contributed by atoms with Gasteiger partial charge in [-0.2, -0.15) is 0 Å². The van der Waals surface area contributed by atoms with Crippen molar-refractivity contribution in [2.45, 2.75) is 0 Å². The first-order chi connectivity index (χ1) is 7.00. The van der Waals surface area contributed by atoms with Gasteiger partial charge in [0.25, 0.3) is 5.91 Å². The Kier molecular flexibility index (Phi) is 4.17. The molecule has 0 fully saturated rings. The van der Waals surface area contributed by atoms with Crippen molar-refractivity contribution in [1.29, 1.82) is 0 Å². The van der Waals surface area contributed by atoms with Crippen LogP contribution in [0.3, 0.4) is 0 Å². The summed E-state index contributed by atoms with van der Waals surface area (Å²) in [5, 5.41) is 2.99. The molecule has 0 atom stereocenters. The van der Waals surface area contributed by atoms with Gasteiger partial charge >= 0.3 is 0 Å². The molecule has 0 aliphatic rings. The molecule has 0 radical (unpaired) electrons. The Bertz CT molecular complexity index is 406. The van der Waals surface area contributed by atoms with E-state index in [-0.39, 0.29) is 12.5 Å². The number of nitrogens with one attached hydrogen (secondary N) is 1. The Labute approximate surface area is 101 Å². The molecule has 3 nitrogen and oxygen atoms in total. The van der Waals surface area contributed by atoms with Gasteiger partial charge in [0.15, 0.2) is 0 Å². The SMILES string of the molecule is C=C(Cl)CNC(=O)c1ccc(Br)c(N)c1. The van der Waals surface area contributed by atoms with Crippen molar-refractivity contribution in [1.82, 2.24) is 5.32 Å². The quantitative estimate of drug-likeness (QED) is 0.840. The molecule has 15 heavy (non-hydrogen) atoms. The summed E-state index contributed by atoms with van der Waals surface area (Å²) < 4.78 is 0.765. The second-order valence-corrected chi connectivity index (χ2v) is 4.33. The van der Waals surface area contributed by atoms with Crippen LogP contribution in [0, 0.1) is 0 Å². The van der Waals surface area contributed by atoms with E-state index in [9.17, 15) is 4.79 Å². The molecule has 0 aliphatic carbocycles. The van der Waals surface area contributed by atoms with Gasteiger partial charge in [0, 0.05) is 20.8 Å². The third kappa shape index (κ3) is 3.57. The Morgan fingerprint density at radius 3 is 2.80 bits per heavy atom. The van der Waals surface area contributed by atoms with Gasteiger partial charge in [0.05, 0.1) is 6.54 Å². The van der Waals surface area contributed by atoms with Crippen LogP contribution in [0.2, 0.25) is 0 Å². The first-order valence-corrected chi connectivity index (χ1v) is 5.34. The highest BCUT2D eigenvalue weighted by Gasteiger charge is 2.06. The summed E-state index contributed by atoms with van der Waals surface area (Å²) in [6.07, 6.45) is 0. The summed E-state index contributed by atoms with van der Waals surface area (Å²) in [7, 11) is 0. The highest BCUT2D eigenvalue weighted by atomic mass is 79.9. The number of nitrogens with two attached hydrogens (primary N) is 1. The molecule has 1 aromatic rings. The fourth-order valence-corrected chi connectivity index (χ4v) is 1.28. The Morgan fingerprint density at radius 2 is 2.27 bits per heavy atom. The average molecular weight is 290 g/mol. The van der Waals surface area contributed by atoms with Crippen molar-refractivity contribution in [3.05, 3.63) is 39.8 Å². The van der Waals surface area contributed by atoms with Gasteiger partial charge in [0.1, 0.15) is 0 Å². The lowest BCUT2D eigenvalue weighted by Crippen LogP contribution is -2.24. The highest BCUT2D eigenvalue weighted by Crippen LogP contribution is 2.20. The number of halogens is 2. The second-order valence-electron chi connectivity index (χ2n) is 2.94. The third-order valence-corrected chi connectivity index (χ3v) is 2.55. The zero-order valence-corrected chi connectivity index (χ0v) is 10.2. The monoisotopic (exact) mass is 288 g/mol.